The third-order valence-electron chi connectivity index (χ3n) is 1.29. The molecule has 0 amide bonds. The van der Waals surface area contributed by atoms with Crippen molar-refractivity contribution in [1.82, 2.24) is 0 Å². The van der Waals surface area contributed by atoms with Crippen LogP contribution >= 0.6 is 39.1 Å². The first kappa shape index (κ1) is 14.2. The van der Waals surface area contributed by atoms with E-state index < -0.39 is 0 Å². The van der Waals surface area contributed by atoms with Gasteiger partial charge in [-0.05, 0) is 32.0 Å². The Balaban J connectivity index is 0.000000292. The van der Waals surface area contributed by atoms with E-state index >= 15 is 0 Å². The first-order valence-corrected chi connectivity index (χ1v) is 5.85. The zero-order chi connectivity index (χ0) is 11.0. The lowest BCUT2D eigenvalue weighted by Gasteiger charge is -1.93. The fourth-order valence-electron chi connectivity index (χ4n) is 0.675. The fourth-order valence-corrected chi connectivity index (χ4v) is 1.47. The van der Waals surface area contributed by atoms with Gasteiger partial charge < -0.3 is 4.74 Å². The Labute approximate surface area is 103 Å². The number of benzene rings is 1. The maximum Gasteiger partial charge on any atom is 0.0603 e. The predicted molar refractivity (Wildman–Crippen MR) is 66.3 cm³/mol. The minimum atomic E-state index is 0.575. The second-order valence-corrected chi connectivity index (χ2v) is 4.07. The summed E-state index contributed by atoms with van der Waals surface area (Å²) in [5, 5.41) is 1.16. The molecular formula is C10H13BrCl2O. The predicted octanol–water partition coefficient (Wildman–Crippen LogP) is 4.80. The van der Waals surface area contributed by atoms with Crippen molar-refractivity contribution in [3.8, 4) is 0 Å². The molecule has 0 saturated carbocycles. The van der Waals surface area contributed by atoms with Crippen LogP contribution in [0.5, 0.6) is 0 Å². The van der Waals surface area contributed by atoms with Gasteiger partial charge in [0.25, 0.3) is 0 Å². The molecule has 0 aliphatic carbocycles. The van der Waals surface area contributed by atoms with Gasteiger partial charge in [-0.2, -0.15) is 0 Å². The van der Waals surface area contributed by atoms with Crippen molar-refractivity contribution in [2.24, 2.45) is 0 Å². The molecule has 1 rings (SSSR count). The molecule has 0 radical (unpaired) electrons. The van der Waals surface area contributed by atoms with Crippen molar-refractivity contribution in [3.05, 3.63) is 32.7 Å². The maximum absolute atomic E-state index is 5.65. The first-order chi connectivity index (χ1) is 6.61. The average molecular weight is 300 g/mol. The largest absolute Gasteiger partial charge is 0.382 e. The van der Waals surface area contributed by atoms with E-state index in [2.05, 4.69) is 15.9 Å². The monoisotopic (exact) mass is 298 g/mol. The summed E-state index contributed by atoms with van der Waals surface area (Å²) in [6, 6.07) is 5.34. The summed E-state index contributed by atoms with van der Waals surface area (Å²) in [5.41, 5.74) is 0. The van der Waals surface area contributed by atoms with Crippen LogP contribution in [0.25, 0.3) is 0 Å². The van der Waals surface area contributed by atoms with E-state index in [1.165, 1.54) is 0 Å². The van der Waals surface area contributed by atoms with Crippen LogP contribution in [0.3, 0.4) is 0 Å². The molecule has 0 unspecified atom stereocenters. The molecule has 0 bridgehead atoms. The van der Waals surface area contributed by atoms with Crippen molar-refractivity contribution in [3.63, 3.8) is 0 Å². The molecule has 14 heavy (non-hydrogen) atoms. The first-order valence-electron chi connectivity index (χ1n) is 4.30. The molecule has 1 nitrogen and oxygen atoms in total. The quantitative estimate of drug-likeness (QED) is 0.713. The highest BCUT2D eigenvalue weighted by Crippen LogP contribution is 2.24. The van der Waals surface area contributed by atoms with E-state index in [-0.39, 0.29) is 0 Å². The Hall–Kier alpha value is 0.240. The van der Waals surface area contributed by atoms with Crippen molar-refractivity contribution < 1.29 is 4.74 Å². The van der Waals surface area contributed by atoms with Crippen molar-refractivity contribution in [2.75, 3.05) is 13.2 Å². The Morgan fingerprint density at radius 1 is 1.14 bits per heavy atom. The number of hydrogen-bond acceptors (Lipinski definition) is 1. The van der Waals surface area contributed by atoms with Crippen molar-refractivity contribution >= 4 is 39.1 Å². The second kappa shape index (κ2) is 8.54. The molecule has 0 heterocycles. The van der Waals surface area contributed by atoms with Crippen molar-refractivity contribution in [2.45, 2.75) is 13.8 Å². The summed E-state index contributed by atoms with van der Waals surface area (Å²) in [7, 11) is 0. The summed E-state index contributed by atoms with van der Waals surface area (Å²) in [4.78, 5) is 0. The molecule has 0 aromatic heterocycles. The zero-order valence-electron chi connectivity index (χ0n) is 8.19. The van der Waals surface area contributed by atoms with Gasteiger partial charge >= 0.3 is 0 Å². The van der Waals surface area contributed by atoms with Gasteiger partial charge in [-0.3, -0.25) is 0 Å². The maximum atomic E-state index is 5.65. The Kier molecular flexibility index (Phi) is 8.69. The molecule has 1 aromatic carbocycles. The van der Waals surface area contributed by atoms with Crippen LogP contribution in [0, 0.1) is 0 Å². The summed E-state index contributed by atoms with van der Waals surface area (Å²) in [6.07, 6.45) is 0. The van der Waals surface area contributed by atoms with Gasteiger partial charge in [0.15, 0.2) is 0 Å². The number of ether oxygens (including phenoxy) is 1. The van der Waals surface area contributed by atoms with Gasteiger partial charge in [-0.15, -0.1) is 0 Å². The van der Waals surface area contributed by atoms with Crippen LogP contribution < -0.4 is 0 Å². The molecule has 0 saturated heterocycles. The topological polar surface area (TPSA) is 9.23 Å². The van der Waals surface area contributed by atoms with Crippen LogP contribution in [-0.2, 0) is 4.74 Å². The van der Waals surface area contributed by atoms with Gasteiger partial charge in [-0.25, -0.2) is 0 Å². The molecule has 4 heteroatoms. The van der Waals surface area contributed by atoms with Gasteiger partial charge in [-0.1, -0.05) is 39.1 Å². The standard InChI is InChI=1S/C6H3BrCl2.C4H10O/c7-4-1-2-5(8)6(9)3-4;1-3-5-4-2/h1-3H;3-4H2,1-2H3. The highest BCUT2D eigenvalue weighted by atomic mass is 79.9. The summed E-state index contributed by atoms with van der Waals surface area (Å²) >= 11 is 14.5. The van der Waals surface area contributed by atoms with E-state index in [1.54, 1.807) is 12.1 Å². The van der Waals surface area contributed by atoms with E-state index in [0.29, 0.717) is 10.0 Å². The third-order valence-corrected chi connectivity index (χ3v) is 2.52. The smallest absolute Gasteiger partial charge is 0.0603 e. The van der Waals surface area contributed by atoms with Crippen LogP contribution in [0.4, 0.5) is 0 Å². The molecule has 0 atom stereocenters. The Morgan fingerprint density at radius 2 is 1.71 bits per heavy atom. The molecule has 80 valence electrons. The summed E-state index contributed by atoms with van der Waals surface area (Å²) in [6.45, 7) is 5.67. The van der Waals surface area contributed by atoms with Crippen LogP contribution in [-0.4, -0.2) is 13.2 Å². The summed E-state index contributed by atoms with van der Waals surface area (Å²) in [5.74, 6) is 0. The molecule has 0 fully saturated rings. The lowest BCUT2D eigenvalue weighted by atomic mass is 10.4. The van der Waals surface area contributed by atoms with Crippen LogP contribution in [0.15, 0.2) is 22.7 Å². The van der Waals surface area contributed by atoms with E-state index in [9.17, 15) is 0 Å². The minimum Gasteiger partial charge on any atom is -0.382 e. The van der Waals surface area contributed by atoms with Crippen LogP contribution in [0.1, 0.15) is 13.8 Å². The van der Waals surface area contributed by atoms with Gasteiger partial charge in [0.05, 0.1) is 10.0 Å². The molecule has 1 aromatic rings. The molecule has 0 spiro atoms. The molecular weight excluding hydrogens is 287 g/mol. The number of rotatable bonds is 2. The normalized spacial score (nSPS) is 9.21. The number of halogens is 3. The molecule has 0 aliphatic rings. The zero-order valence-corrected chi connectivity index (χ0v) is 11.3. The Morgan fingerprint density at radius 3 is 2.00 bits per heavy atom. The lowest BCUT2D eigenvalue weighted by molar-refractivity contribution is 0.162. The average Bonchev–Trinajstić information content (AvgIpc) is 2.14. The van der Waals surface area contributed by atoms with Crippen molar-refractivity contribution in [1.29, 1.82) is 0 Å². The number of hydrogen-bond donors (Lipinski definition) is 0. The molecule has 0 aliphatic heterocycles. The van der Waals surface area contributed by atoms with Gasteiger partial charge in [0, 0.05) is 17.7 Å². The lowest BCUT2D eigenvalue weighted by Crippen LogP contribution is -1.84. The highest BCUT2D eigenvalue weighted by Gasteiger charge is 1.94. The fraction of sp³-hybridized carbons (Fsp3) is 0.400. The van der Waals surface area contributed by atoms with Crippen LogP contribution in [0.2, 0.25) is 10.0 Å². The minimum absolute atomic E-state index is 0.575. The van der Waals surface area contributed by atoms with E-state index in [1.807, 2.05) is 19.9 Å². The van der Waals surface area contributed by atoms with E-state index in [4.69, 9.17) is 27.9 Å². The Bertz CT molecular complexity index is 264. The van der Waals surface area contributed by atoms with E-state index in [0.717, 1.165) is 17.7 Å². The molecule has 0 N–H and O–H groups in total. The van der Waals surface area contributed by atoms with Gasteiger partial charge in [0.1, 0.15) is 0 Å². The van der Waals surface area contributed by atoms with Gasteiger partial charge in [0.2, 0.25) is 0 Å². The highest BCUT2D eigenvalue weighted by molar-refractivity contribution is 9.10. The second-order valence-electron chi connectivity index (χ2n) is 2.34. The SMILES string of the molecule is CCOCC.Clc1ccc(Br)cc1Cl. The summed E-state index contributed by atoms with van der Waals surface area (Å²) < 4.78 is 5.77. The third kappa shape index (κ3) is 6.66.